The number of hydrogen-bond acceptors (Lipinski definition) is 5. The lowest BCUT2D eigenvalue weighted by Crippen LogP contribution is -2.70. The lowest BCUT2D eigenvalue weighted by molar-refractivity contribution is -0.136. The summed E-state index contributed by atoms with van der Waals surface area (Å²) in [7, 11) is 0. The standard InChI is InChI=1S/C34H37ClN4O4/c1-34(2)12-11-22(28(15-34)20-3-6-24(35)7-4-20)16-37-18-25-14-26(19-37)39(25)32(42)21-5-8-27-23(13-21)17-38(33(27)43)29-9-10-30(40)36-31(29)41/h3-8,13,25-26,29H,9-12,14-19H2,1-2H3,(H,36,40,41). The smallest absolute Gasteiger partial charge is 0.255 e. The second-order valence-corrected chi connectivity index (χ2v) is 14.1. The van der Waals surface area contributed by atoms with E-state index in [1.165, 1.54) is 28.0 Å². The minimum Gasteiger partial charge on any atom is -0.330 e. The first-order valence-electron chi connectivity index (χ1n) is 15.4. The van der Waals surface area contributed by atoms with Crippen LogP contribution in [0.2, 0.25) is 5.02 Å². The van der Waals surface area contributed by atoms with Gasteiger partial charge in [-0.25, -0.2) is 0 Å². The number of nitrogens with one attached hydrogen (secondary N) is 1. The first-order chi connectivity index (χ1) is 20.6. The molecule has 4 saturated heterocycles. The van der Waals surface area contributed by atoms with Crippen LogP contribution in [0.3, 0.4) is 0 Å². The highest BCUT2D eigenvalue weighted by Gasteiger charge is 2.48. The van der Waals surface area contributed by atoms with Crippen LogP contribution in [0, 0.1) is 5.41 Å². The molecule has 3 unspecified atom stereocenters. The summed E-state index contributed by atoms with van der Waals surface area (Å²) >= 11 is 6.19. The molecule has 4 fully saturated rings. The number of carbonyl (C=O) groups excluding carboxylic acids is 4. The van der Waals surface area contributed by atoms with E-state index in [9.17, 15) is 19.2 Å². The Morgan fingerprint density at radius 3 is 2.49 bits per heavy atom. The van der Waals surface area contributed by atoms with Crippen LogP contribution in [-0.2, 0) is 16.1 Å². The van der Waals surface area contributed by atoms with Crippen molar-refractivity contribution in [1.82, 2.24) is 20.0 Å². The molecule has 0 spiro atoms. The summed E-state index contributed by atoms with van der Waals surface area (Å²) in [5, 5.41) is 3.09. The molecule has 5 aliphatic heterocycles. The number of nitrogens with zero attached hydrogens (tertiary/aromatic N) is 3. The van der Waals surface area contributed by atoms with E-state index >= 15 is 0 Å². The van der Waals surface area contributed by atoms with Gasteiger partial charge in [-0.2, -0.15) is 0 Å². The molecule has 8 nitrogen and oxygen atoms in total. The van der Waals surface area contributed by atoms with E-state index in [1.54, 1.807) is 12.1 Å². The maximum absolute atomic E-state index is 13.7. The Bertz CT molecular complexity index is 1550. The Labute approximate surface area is 257 Å². The number of allylic oxidation sites excluding steroid dienone is 1. The van der Waals surface area contributed by atoms with Crippen molar-refractivity contribution in [3.63, 3.8) is 0 Å². The van der Waals surface area contributed by atoms with Gasteiger partial charge in [0.1, 0.15) is 6.04 Å². The third kappa shape index (κ3) is 5.18. The molecule has 2 bridgehead atoms. The average Bonchev–Trinajstić information content (AvgIpc) is 3.29. The lowest BCUT2D eigenvalue weighted by Gasteiger charge is -2.56. The van der Waals surface area contributed by atoms with Gasteiger partial charge in [0.2, 0.25) is 11.8 Å². The summed E-state index contributed by atoms with van der Waals surface area (Å²) in [5.41, 5.74) is 6.35. The molecule has 0 aromatic heterocycles. The lowest BCUT2D eigenvalue weighted by atomic mass is 9.72. The summed E-state index contributed by atoms with van der Waals surface area (Å²) in [6, 6.07) is 13.2. The van der Waals surface area contributed by atoms with Crippen molar-refractivity contribution in [2.45, 2.75) is 77.0 Å². The van der Waals surface area contributed by atoms with Crippen LogP contribution < -0.4 is 5.32 Å². The van der Waals surface area contributed by atoms with Crippen LogP contribution in [0.1, 0.15) is 84.2 Å². The number of amides is 4. The number of piperazine rings is 1. The fraction of sp³-hybridized carbons (Fsp3) is 0.471. The highest BCUT2D eigenvalue weighted by atomic mass is 35.5. The van der Waals surface area contributed by atoms with Crippen molar-refractivity contribution in [2.24, 2.45) is 5.41 Å². The van der Waals surface area contributed by atoms with E-state index in [4.69, 9.17) is 11.6 Å². The molecular formula is C34H37ClN4O4. The highest BCUT2D eigenvalue weighted by Crippen LogP contribution is 2.44. The second-order valence-electron chi connectivity index (χ2n) is 13.7. The third-order valence-electron chi connectivity index (χ3n) is 10.1. The molecule has 0 radical (unpaired) electrons. The summed E-state index contributed by atoms with van der Waals surface area (Å²) < 4.78 is 0. The Balaban J connectivity index is 1.03. The Hall–Kier alpha value is -3.49. The molecule has 0 saturated carbocycles. The molecule has 1 aliphatic carbocycles. The first-order valence-corrected chi connectivity index (χ1v) is 15.7. The topological polar surface area (TPSA) is 90.0 Å². The van der Waals surface area contributed by atoms with E-state index in [0.29, 0.717) is 17.5 Å². The number of carbonyl (C=O) groups is 4. The van der Waals surface area contributed by atoms with Crippen LogP contribution >= 0.6 is 11.6 Å². The van der Waals surface area contributed by atoms with Crippen LogP contribution in [-0.4, -0.2) is 76.1 Å². The molecule has 2 aromatic carbocycles. The van der Waals surface area contributed by atoms with Gasteiger partial charge in [0, 0.05) is 60.8 Å². The summed E-state index contributed by atoms with van der Waals surface area (Å²) in [6.07, 6.45) is 4.87. The Kier molecular flexibility index (Phi) is 6.97. The van der Waals surface area contributed by atoms with Gasteiger partial charge in [0.25, 0.3) is 11.8 Å². The van der Waals surface area contributed by atoms with Crippen LogP contribution in [0.4, 0.5) is 0 Å². The van der Waals surface area contributed by atoms with Crippen molar-refractivity contribution in [3.05, 3.63) is 75.3 Å². The first kappa shape index (κ1) is 28.3. The largest absolute Gasteiger partial charge is 0.330 e. The normalized spacial score (nSPS) is 26.8. The average molecular weight is 601 g/mol. The van der Waals surface area contributed by atoms with E-state index < -0.39 is 11.9 Å². The molecular weight excluding hydrogens is 564 g/mol. The van der Waals surface area contributed by atoms with E-state index in [2.05, 4.69) is 36.2 Å². The molecule has 3 atom stereocenters. The number of imide groups is 1. The number of benzene rings is 2. The van der Waals surface area contributed by atoms with Crippen molar-refractivity contribution in [2.75, 3.05) is 19.6 Å². The summed E-state index contributed by atoms with van der Waals surface area (Å²) in [4.78, 5) is 56.8. The highest BCUT2D eigenvalue weighted by molar-refractivity contribution is 6.30. The summed E-state index contributed by atoms with van der Waals surface area (Å²) in [5.74, 6) is -0.951. The van der Waals surface area contributed by atoms with Gasteiger partial charge in [-0.05, 0) is 84.6 Å². The third-order valence-corrected chi connectivity index (χ3v) is 10.3. The molecule has 224 valence electrons. The summed E-state index contributed by atoms with van der Waals surface area (Å²) in [6.45, 7) is 7.61. The van der Waals surface area contributed by atoms with E-state index in [-0.39, 0.29) is 48.2 Å². The van der Waals surface area contributed by atoms with Crippen LogP contribution in [0.25, 0.3) is 5.57 Å². The SMILES string of the molecule is CC1(C)CCC(CN2CC3CC(C2)N3C(=O)c2ccc3c(c2)CN(C2CCC(=O)NC2=O)C3=O)=C(c2ccc(Cl)cc2)C1. The minimum atomic E-state index is -0.664. The van der Waals surface area contributed by atoms with E-state index in [1.807, 2.05) is 23.1 Å². The molecule has 2 aromatic rings. The maximum atomic E-state index is 13.7. The number of hydrogen-bond donors (Lipinski definition) is 1. The predicted octanol–water partition coefficient (Wildman–Crippen LogP) is 4.66. The zero-order chi connectivity index (χ0) is 30.0. The molecule has 43 heavy (non-hydrogen) atoms. The molecule has 5 heterocycles. The van der Waals surface area contributed by atoms with Crippen LogP contribution in [0.15, 0.2) is 48.0 Å². The maximum Gasteiger partial charge on any atom is 0.255 e. The van der Waals surface area contributed by atoms with Gasteiger partial charge < -0.3 is 9.80 Å². The quantitative estimate of drug-likeness (QED) is 0.504. The minimum absolute atomic E-state index is 0.0103. The predicted molar refractivity (Wildman–Crippen MR) is 163 cm³/mol. The second kappa shape index (κ2) is 10.6. The number of rotatable bonds is 5. The zero-order valence-corrected chi connectivity index (χ0v) is 25.5. The van der Waals surface area contributed by atoms with Gasteiger partial charge in [0.15, 0.2) is 0 Å². The fourth-order valence-electron chi connectivity index (χ4n) is 7.75. The van der Waals surface area contributed by atoms with Crippen molar-refractivity contribution in [1.29, 1.82) is 0 Å². The molecule has 8 rings (SSSR count). The van der Waals surface area contributed by atoms with Crippen molar-refractivity contribution < 1.29 is 19.2 Å². The van der Waals surface area contributed by atoms with Crippen molar-refractivity contribution >= 4 is 40.8 Å². The van der Waals surface area contributed by atoms with E-state index in [0.717, 1.165) is 49.5 Å². The molecule has 6 aliphatic rings. The van der Waals surface area contributed by atoms with Crippen LogP contribution in [0.5, 0.6) is 0 Å². The molecule has 9 heteroatoms. The van der Waals surface area contributed by atoms with Gasteiger partial charge in [-0.15, -0.1) is 0 Å². The fourth-order valence-corrected chi connectivity index (χ4v) is 7.87. The number of fused-ring (bicyclic) bond motifs is 3. The monoisotopic (exact) mass is 600 g/mol. The Morgan fingerprint density at radius 2 is 1.77 bits per heavy atom. The van der Waals surface area contributed by atoms with Gasteiger partial charge >= 0.3 is 0 Å². The Morgan fingerprint density at radius 1 is 1.02 bits per heavy atom. The molecule has 1 N–H and O–H groups in total. The van der Waals surface area contributed by atoms with Gasteiger partial charge in [-0.3, -0.25) is 29.4 Å². The zero-order valence-electron chi connectivity index (χ0n) is 24.7. The van der Waals surface area contributed by atoms with Gasteiger partial charge in [-0.1, -0.05) is 43.2 Å². The number of piperidine rings is 2. The van der Waals surface area contributed by atoms with Crippen molar-refractivity contribution in [3.8, 4) is 0 Å². The van der Waals surface area contributed by atoms with Gasteiger partial charge in [0.05, 0.1) is 0 Å². The molecule has 4 amide bonds. The number of halogens is 1.